The number of carbonyl (C=O) groups is 2. The lowest BCUT2D eigenvalue weighted by molar-refractivity contribution is -0.149. The summed E-state index contributed by atoms with van der Waals surface area (Å²) in [7, 11) is 0. The molecule has 7 heteroatoms. The molecule has 1 aromatic heterocycles. The van der Waals surface area contributed by atoms with Crippen molar-refractivity contribution in [2.24, 2.45) is 5.92 Å². The van der Waals surface area contributed by atoms with E-state index in [1.165, 1.54) is 5.56 Å². The quantitative estimate of drug-likeness (QED) is 0.462. The van der Waals surface area contributed by atoms with Gasteiger partial charge in [-0.3, -0.25) is 9.59 Å². The van der Waals surface area contributed by atoms with Crippen LogP contribution in [0.3, 0.4) is 0 Å². The van der Waals surface area contributed by atoms with Crippen molar-refractivity contribution in [3.05, 3.63) is 71.1 Å². The third kappa shape index (κ3) is 5.47. The van der Waals surface area contributed by atoms with E-state index in [9.17, 15) is 9.59 Å². The lowest BCUT2D eigenvalue weighted by Gasteiger charge is -2.31. The van der Waals surface area contributed by atoms with Crippen LogP contribution < -0.4 is 4.74 Å². The molecule has 1 saturated heterocycles. The number of benzene rings is 2. The summed E-state index contributed by atoms with van der Waals surface area (Å²) >= 11 is 0. The van der Waals surface area contributed by atoms with E-state index in [0.29, 0.717) is 56.4 Å². The summed E-state index contributed by atoms with van der Waals surface area (Å²) in [6.45, 7) is 7.50. The number of likely N-dealkylation sites (tertiary alicyclic amines) is 1. The highest BCUT2D eigenvalue weighted by molar-refractivity contribution is 5.94. The molecule has 0 bridgehead atoms. The largest absolute Gasteiger partial charge is 0.487 e. The molecule has 3 aromatic rings. The zero-order valence-corrected chi connectivity index (χ0v) is 19.9. The van der Waals surface area contributed by atoms with Crippen molar-refractivity contribution in [3.8, 4) is 17.2 Å². The van der Waals surface area contributed by atoms with E-state index in [4.69, 9.17) is 13.9 Å². The third-order valence-electron chi connectivity index (χ3n) is 6.07. The molecule has 0 N–H and O–H groups in total. The normalized spacial score (nSPS) is 14.1. The van der Waals surface area contributed by atoms with Gasteiger partial charge >= 0.3 is 5.97 Å². The molecule has 1 aliphatic rings. The summed E-state index contributed by atoms with van der Waals surface area (Å²) in [6.07, 6.45) is 1.26. The maximum Gasteiger partial charge on any atom is 0.309 e. The highest BCUT2D eigenvalue weighted by atomic mass is 16.5. The van der Waals surface area contributed by atoms with Gasteiger partial charge in [0.05, 0.1) is 12.5 Å². The van der Waals surface area contributed by atoms with Gasteiger partial charge in [-0.1, -0.05) is 17.7 Å². The van der Waals surface area contributed by atoms with Crippen LogP contribution in [0.1, 0.15) is 47.1 Å². The molecule has 7 nitrogen and oxygen atoms in total. The van der Waals surface area contributed by atoms with E-state index < -0.39 is 0 Å². The predicted molar refractivity (Wildman–Crippen MR) is 127 cm³/mol. The van der Waals surface area contributed by atoms with Crippen molar-refractivity contribution in [1.29, 1.82) is 0 Å². The summed E-state index contributed by atoms with van der Waals surface area (Å²) in [6, 6.07) is 15.1. The SMILES string of the molecule is CCOC(=O)C1CCN(C(=O)c2ccc(-c3nc(COc4ccc(C)cc4)c(C)o3)cc2)CC1. The first-order chi connectivity index (χ1) is 16.4. The number of oxazole rings is 1. The zero-order chi connectivity index (χ0) is 24.1. The van der Waals surface area contributed by atoms with Gasteiger partial charge in [0.2, 0.25) is 5.89 Å². The first kappa shape index (κ1) is 23.5. The highest BCUT2D eigenvalue weighted by Gasteiger charge is 2.28. The van der Waals surface area contributed by atoms with Gasteiger partial charge in [-0.2, -0.15) is 0 Å². The number of piperidine rings is 1. The number of nitrogens with zero attached hydrogens (tertiary/aromatic N) is 2. The van der Waals surface area contributed by atoms with Gasteiger partial charge < -0.3 is 18.8 Å². The van der Waals surface area contributed by atoms with Gasteiger partial charge in [0, 0.05) is 24.2 Å². The van der Waals surface area contributed by atoms with E-state index in [2.05, 4.69) is 4.98 Å². The predicted octanol–water partition coefficient (Wildman–Crippen LogP) is 4.95. The van der Waals surface area contributed by atoms with Gasteiger partial charge in [-0.05, 0) is 70.0 Å². The van der Waals surface area contributed by atoms with Gasteiger partial charge in [0.1, 0.15) is 23.8 Å². The minimum Gasteiger partial charge on any atom is -0.487 e. The molecule has 1 aliphatic heterocycles. The number of hydrogen-bond donors (Lipinski definition) is 0. The van der Waals surface area contributed by atoms with E-state index in [1.807, 2.05) is 50.2 Å². The molecule has 4 rings (SSSR count). The van der Waals surface area contributed by atoms with Crippen LogP contribution in [-0.4, -0.2) is 41.5 Å². The smallest absolute Gasteiger partial charge is 0.309 e. The number of aromatic nitrogens is 1. The molecule has 1 fully saturated rings. The maximum atomic E-state index is 12.9. The maximum absolute atomic E-state index is 12.9. The average Bonchev–Trinajstić information content (AvgIpc) is 3.24. The standard InChI is InChI=1S/C27H30N2O5/c1-4-32-27(31)22-13-15-29(16-14-22)26(30)21-9-7-20(8-10-21)25-28-24(19(3)34-25)17-33-23-11-5-18(2)6-12-23/h5-12,22H,4,13-17H2,1-3H3. The van der Waals surface area contributed by atoms with Gasteiger partial charge in [0.25, 0.3) is 5.91 Å². The molecular weight excluding hydrogens is 432 g/mol. The van der Waals surface area contributed by atoms with Crippen LogP contribution in [0.15, 0.2) is 52.9 Å². The Morgan fingerprint density at radius 3 is 2.35 bits per heavy atom. The number of hydrogen-bond acceptors (Lipinski definition) is 6. The van der Waals surface area contributed by atoms with Crippen LogP contribution in [0.5, 0.6) is 5.75 Å². The summed E-state index contributed by atoms with van der Waals surface area (Å²) in [5, 5.41) is 0. The Hall–Kier alpha value is -3.61. The van der Waals surface area contributed by atoms with E-state index in [0.717, 1.165) is 17.0 Å². The Morgan fingerprint density at radius 1 is 1.03 bits per heavy atom. The fourth-order valence-electron chi connectivity index (χ4n) is 3.99. The Bertz CT molecular complexity index is 1130. The number of esters is 1. The van der Waals surface area contributed by atoms with Crippen molar-refractivity contribution >= 4 is 11.9 Å². The summed E-state index contributed by atoms with van der Waals surface area (Å²) < 4.78 is 16.8. The molecule has 0 aliphatic carbocycles. The van der Waals surface area contributed by atoms with Crippen molar-refractivity contribution < 1.29 is 23.5 Å². The van der Waals surface area contributed by atoms with Gasteiger partial charge in [-0.25, -0.2) is 4.98 Å². The summed E-state index contributed by atoms with van der Waals surface area (Å²) in [5.41, 5.74) is 3.31. The number of rotatable bonds is 7. The molecule has 0 saturated carbocycles. The summed E-state index contributed by atoms with van der Waals surface area (Å²) in [5.74, 6) is 1.65. The second-order valence-corrected chi connectivity index (χ2v) is 8.52. The van der Waals surface area contributed by atoms with Crippen LogP contribution in [0, 0.1) is 19.8 Å². The van der Waals surface area contributed by atoms with Crippen molar-refractivity contribution in [2.75, 3.05) is 19.7 Å². The van der Waals surface area contributed by atoms with E-state index >= 15 is 0 Å². The molecule has 0 radical (unpaired) electrons. The molecule has 2 aromatic carbocycles. The Kier molecular flexibility index (Phi) is 7.30. The van der Waals surface area contributed by atoms with Crippen molar-refractivity contribution in [2.45, 2.75) is 40.2 Å². The first-order valence-electron chi connectivity index (χ1n) is 11.7. The molecule has 0 atom stereocenters. The highest BCUT2D eigenvalue weighted by Crippen LogP contribution is 2.25. The third-order valence-corrected chi connectivity index (χ3v) is 6.07. The zero-order valence-electron chi connectivity index (χ0n) is 19.9. The van der Waals surface area contributed by atoms with Crippen LogP contribution in [-0.2, 0) is 16.1 Å². The van der Waals surface area contributed by atoms with Crippen LogP contribution >= 0.6 is 0 Å². The second kappa shape index (κ2) is 10.5. The van der Waals surface area contributed by atoms with Crippen LogP contribution in [0.25, 0.3) is 11.5 Å². The fraction of sp³-hybridized carbons (Fsp3) is 0.370. The van der Waals surface area contributed by atoms with Crippen LogP contribution in [0.2, 0.25) is 0 Å². The topological polar surface area (TPSA) is 81.9 Å². The monoisotopic (exact) mass is 462 g/mol. The Balaban J connectivity index is 1.36. The number of carbonyl (C=O) groups excluding carboxylic acids is 2. The minimum absolute atomic E-state index is 0.0374. The molecular formula is C27H30N2O5. The first-order valence-corrected chi connectivity index (χ1v) is 11.7. The number of ether oxygens (including phenoxy) is 2. The Labute approximate surface area is 199 Å². The van der Waals surface area contributed by atoms with Gasteiger partial charge in [0.15, 0.2) is 0 Å². The molecule has 34 heavy (non-hydrogen) atoms. The lowest BCUT2D eigenvalue weighted by atomic mass is 9.96. The molecule has 0 spiro atoms. The number of aryl methyl sites for hydroxylation is 2. The minimum atomic E-state index is -0.163. The van der Waals surface area contributed by atoms with E-state index in [-0.39, 0.29) is 17.8 Å². The molecule has 1 amide bonds. The van der Waals surface area contributed by atoms with Crippen LogP contribution in [0.4, 0.5) is 0 Å². The molecule has 0 unspecified atom stereocenters. The summed E-state index contributed by atoms with van der Waals surface area (Å²) in [4.78, 5) is 31.2. The lowest BCUT2D eigenvalue weighted by Crippen LogP contribution is -2.40. The number of amides is 1. The second-order valence-electron chi connectivity index (χ2n) is 8.52. The fourth-order valence-corrected chi connectivity index (χ4v) is 3.99. The van der Waals surface area contributed by atoms with Gasteiger partial charge in [-0.15, -0.1) is 0 Å². The average molecular weight is 463 g/mol. The van der Waals surface area contributed by atoms with Crippen molar-refractivity contribution in [3.63, 3.8) is 0 Å². The molecule has 2 heterocycles. The van der Waals surface area contributed by atoms with Crippen molar-refractivity contribution in [1.82, 2.24) is 9.88 Å². The molecule has 178 valence electrons. The Morgan fingerprint density at radius 2 is 1.71 bits per heavy atom. The van der Waals surface area contributed by atoms with E-state index in [1.54, 1.807) is 24.0 Å².